The van der Waals surface area contributed by atoms with Crippen LogP contribution in [0.15, 0.2) is 24.8 Å². The highest BCUT2D eigenvalue weighted by molar-refractivity contribution is 6.32. The van der Waals surface area contributed by atoms with Crippen LogP contribution in [0.2, 0.25) is 5.02 Å². The van der Waals surface area contributed by atoms with Gasteiger partial charge in [-0.2, -0.15) is 0 Å². The van der Waals surface area contributed by atoms with Crippen molar-refractivity contribution in [1.29, 1.82) is 0 Å². The molecule has 1 N–H and O–H groups in total. The van der Waals surface area contributed by atoms with Crippen molar-refractivity contribution < 1.29 is 9.47 Å². The van der Waals surface area contributed by atoms with E-state index in [2.05, 4.69) is 27.4 Å². The third-order valence-corrected chi connectivity index (χ3v) is 3.14. The molecule has 7 nitrogen and oxygen atoms in total. The van der Waals surface area contributed by atoms with E-state index in [-0.39, 0.29) is 0 Å². The lowest BCUT2D eigenvalue weighted by molar-refractivity contribution is 0.310. The molecule has 0 aliphatic heterocycles. The van der Waals surface area contributed by atoms with Crippen LogP contribution >= 0.6 is 11.6 Å². The molecule has 0 spiro atoms. The van der Waals surface area contributed by atoms with Crippen molar-refractivity contribution in [2.24, 2.45) is 0 Å². The first-order chi connectivity index (χ1) is 10.7. The fourth-order valence-electron chi connectivity index (χ4n) is 1.94. The van der Waals surface area contributed by atoms with E-state index in [1.807, 2.05) is 19.1 Å². The SMILES string of the molecule is C=CCn1nnnc1NCc1cc(Cl)c(OC)c(OCC)c1. The maximum Gasteiger partial charge on any atom is 0.243 e. The van der Waals surface area contributed by atoms with Crippen LogP contribution in [-0.4, -0.2) is 33.9 Å². The molecule has 0 saturated carbocycles. The normalized spacial score (nSPS) is 10.3. The highest BCUT2D eigenvalue weighted by Gasteiger charge is 2.12. The number of hydrogen-bond acceptors (Lipinski definition) is 6. The van der Waals surface area contributed by atoms with E-state index in [0.29, 0.717) is 42.2 Å². The molecule has 1 heterocycles. The Labute approximate surface area is 133 Å². The molecule has 0 fully saturated rings. The van der Waals surface area contributed by atoms with Crippen molar-refractivity contribution in [2.45, 2.75) is 20.0 Å². The van der Waals surface area contributed by atoms with Gasteiger partial charge < -0.3 is 14.8 Å². The van der Waals surface area contributed by atoms with E-state index in [9.17, 15) is 0 Å². The van der Waals surface area contributed by atoms with E-state index in [0.717, 1.165) is 5.56 Å². The Kier molecular flexibility index (Phi) is 5.60. The number of benzene rings is 1. The number of nitrogens with one attached hydrogen (secondary N) is 1. The molecule has 0 amide bonds. The highest BCUT2D eigenvalue weighted by Crippen LogP contribution is 2.36. The van der Waals surface area contributed by atoms with Crippen LogP contribution in [0.3, 0.4) is 0 Å². The second-order valence-electron chi connectivity index (χ2n) is 4.37. The summed E-state index contributed by atoms with van der Waals surface area (Å²) in [6, 6.07) is 3.69. The van der Waals surface area contributed by atoms with Crippen LogP contribution in [0.1, 0.15) is 12.5 Å². The standard InChI is InChI=1S/C14H18ClN5O2/c1-4-6-20-14(17-18-19-20)16-9-10-7-11(15)13(21-3)12(8-10)22-5-2/h4,7-8H,1,5-6,9H2,2-3H3,(H,16,17,19). The van der Waals surface area contributed by atoms with Crippen LogP contribution in [-0.2, 0) is 13.1 Å². The molecule has 1 aromatic carbocycles. The molecular formula is C14H18ClN5O2. The summed E-state index contributed by atoms with van der Waals surface area (Å²) >= 11 is 6.22. The molecule has 118 valence electrons. The predicted molar refractivity (Wildman–Crippen MR) is 84.5 cm³/mol. The molecule has 0 aliphatic rings. The lowest BCUT2D eigenvalue weighted by Crippen LogP contribution is -2.08. The van der Waals surface area contributed by atoms with Gasteiger partial charge in [-0.25, -0.2) is 4.68 Å². The summed E-state index contributed by atoms with van der Waals surface area (Å²) in [5.74, 6) is 1.70. The molecule has 0 aliphatic carbocycles. The summed E-state index contributed by atoms with van der Waals surface area (Å²) in [4.78, 5) is 0. The number of aromatic nitrogens is 4. The summed E-state index contributed by atoms with van der Waals surface area (Å²) in [6.45, 7) is 7.13. The van der Waals surface area contributed by atoms with E-state index >= 15 is 0 Å². The lowest BCUT2D eigenvalue weighted by atomic mass is 10.2. The Morgan fingerprint density at radius 3 is 2.95 bits per heavy atom. The van der Waals surface area contributed by atoms with Gasteiger partial charge in [0.2, 0.25) is 5.95 Å². The minimum atomic E-state index is 0.496. The lowest BCUT2D eigenvalue weighted by Gasteiger charge is -2.13. The fraction of sp³-hybridized carbons (Fsp3) is 0.357. The van der Waals surface area contributed by atoms with Gasteiger partial charge in [-0.05, 0) is 35.0 Å². The molecule has 0 radical (unpaired) electrons. The van der Waals surface area contributed by atoms with Crippen LogP contribution < -0.4 is 14.8 Å². The van der Waals surface area contributed by atoms with Crippen LogP contribution in [0.4, 0.5) is 5.95 Å². The summed E-state index contributed by atoms with van der Waals surface area (Å²) in [7, 11) is 1.56. The van der Waals surface area contributed by atoms with E-state index in [1.165, 1.54) is 0 Å². The molecule has 0 unspecified atom stereocenters. The molecule has 0 saturated heterocycles. The average molecular weight is 324 g/mol. The highest BCUT2D eigenvalue weighted by atomic mass is 35.5. The first kappa shape index (κ1) is 16.1. The number of methoxy groups -OCH3 is 1. The molecule has 1 aromatic heterocycles. The molecule has 22 heavy (non-hydrogen) atoms. The van der Waals surface area contributed by atoms with Crippen molar-refractivity contribution in [3.8, 4) is 11.5 Å². The molecule has 0 atom stereocenters. The third-order valence-electron chi connectivity index (χ3n) is 2.86. The topological polar surface area (TPSA) is 74.1 Å². The third kappa shape index (κ3) is 3.67. The zero-order chi connectivity index (χ0) is 15.9. The molecule has 8 heteroatoms. The zero-order valence-corrected chi connectivity index (χ0v) is 13.3. The second-order valence-corrected chi connectivity index (χ2v) is 4.78. The summed E-state index contributed by atoms with van der Waals surface area (Å²) in [5, 5.41) is 15.1. The summed E-state index contributed by atoms with van der Waals surface area (Å²) in [6.07, 6.45) is 1.72. The Balaban J connectivity index is 2.15. The Hall–Kier alpha value is -2.28. The molecule has 2 rings (SSSR count). The molecule has 2 aromatic rings. The largest absolute Gasteiger partial charge is 0.491 e. The Bertz CT molecular complexity index is 644. The number of hydrogen-bond donors (Lipinski definition) is 1. The van der Waals surface area contributed by atoms with Gasteiger partial charge in [-0.15, -0.1) is 6.58 Å². The first-order valence-corrected chi connectivity index (χ1v) is 7.17. The van der Waals surface area contributed by atoms with Crippen LogP contribution in [0.5, 0.6) is 11.5 Å². The maximum atomic E-state index is 6.22. The second kappa shape index (κ2) is 7.65. The van der Waals surface area contributed by atoms with Gasteiger partial charge in [-0.1, -0.05) is 22.8 Å². The fourth-order valence-corrected chi connectivity index (χ4v) is 2.25. The predicted octanol–water partition coefficient (Wildman–Crippen LogP) is 2.53. The Morgan fingerprint density at radius 2 is 2.27 bits per heavy atom. The van der Waals surface area contributed by atoms with E-state index < -0.39 is 0 Å². The van der Waals surface area contributed by atoms with E-state index in [4.69, 9.17) is 21.1 Å². The maximum absolute atomic E-state index is 6.22. The van der Waals surface area contributed by atoms with Gasteiger partial charge in [0, 0.05) is 6.54 Å². The van der Waals surface area contributed by atoms with Crippen molar-refractivity contribution in [3.63, 3.8) is 0 Å². The van der Waals surface area contributed by atoms with Crippen molar-refractivity contribution in [1.82, 2.24) is 20.2 Å². The van der Waals surface area contributed by atoms with Crippen molar-refractivity contribution in [2.75, 3.05) is 19.0 Å². The first-order valence-electron chi connectivity index (χ1n) is 6.79. The van der Waals surface area contributed by atoms with Gasteiger partial charge >= 0.3 is 0 Å². The van der Waals surface area contributed by atoms with Crippen LogP contribution in [0.25, 0.3) is 0 Å². The van der Waals surface area contributed by atoms with Crippen molar-refractivity contribution in [3.05, 3.63) is 35.4 Å². The zero-order valence-electron chi connectivity index (χ0n) is 12.5. The van der Waals surface area contributed by atoms with Gasteiger partial charge in [0.25, 0.3) is 0 Å². The quantitative estimate of drug-likeness (QED) is 0.752. The summed E-state index contributed by atoms with van der Waals surface area (Å²) < 4.78 is 12.4. The number of anilines is 1. The minimum absolute atomic E-state index is 0.496. The monoisotopic (exact) mass is 323 g/mol. The number of nitrogens with zero attached hydrogens (tertiary/aromatic N) is 4. The smallest absolute Gasteiger partial charge is 0.243 e. The number of tetrazole rings is 1. The van der Waals surface area contributed by atoms with E-state index in [1.54, 1.807) is 17.9 Å². The summed E-state index contributed by atoms with van der Waals surface area (Å²) in [5.41, 5.74) is 0.933. The van der Waals surface area contributed by atoms with Crippen molar-refractivity contribution >= 4 is 17.5 Å². The van der Waals surface area contributed by atoms with Gasteiger partial charge in [0.05, 0.1) is 25.3 Å². The molecular weight excluding hydrogens is 306 g/mol. The number of ether oxygens (including phenoxy) is 2. The number of allylic oxidation sites excluding steroid dienone is 1. The Morgan fingerprint density at radius 1 is 1.45 bits per heavy atom. The minimum Gasteiger partial charge on any atom is -0.491 e. The van der Waals surface area contributed by atoms with Gasteiger partial charge in [-0.3, -0.25) is 0 Å². The van der Waals surface area contributed by atoms with Crippen LogP contribution in [0, 0.1) is 0 Å². The number of halogens is 1. The van der Waals surface area contributed by atoms with Gasteiger partial charge in [0.1, 0.15) is 0 Å². The number of rotatable bonds is 8. The average Bonchev–Trinajstić information content (AvgIpc) is 2.93. The van der Waals surface area contributed by atoms with Gasteiger partial charge in [0.15, 0.2) is 11.5 Å². The molecule has 0 bridgehead atoms.